The summed E-state index contributed by atoms with van der Waals surface area (Å²) in [6.45, 7) is 9.44. The van der Waals surface area contributed by atoms with Crippen molar-refractivity contribution >= 4 is 11.6 Å². The van der Waals surface area contributed by atoms with Gasteiger partial charge in [-0.1, -0.05) is 18.5 Å². The van der Waals surface area contributed by atoms with Gasteiger partial charge in [-0.15, -0.1) is 0 Å². The Balaban J connectivity index is 2.56. The van der Waals surface area contributed by atoms with E-state index in [4.69, 9.17) is 11.6 Å². The molecule has 0 aliphatic heterocycles. The van der Waals surface area contributed by atoms with Crippen molar-refractivity contribution in [2.75, 3.05) is 6.54 Å². The molecule has 0 radical (unpaired) electrons. The van der Waals surface area contributed by atoms with Gasteiger partial charge in [-0.05, 0) is 63.4 Å². The monoisotopic (exact) mass is 257 g/mol. The Bertz CT molecular complexity index is 371. The predicted molar refractivity (Wildman–Crippen MR) is 72.0 cm³/mol. The van der Waals surface area contributed by atoms with E-state index in [0.29, 0.717) is 10.9 Å². The first-order chi connectivity index (χ1) is 7.78. The van der Waals surface area contributed by atoms with Gasteiger partial charge in [0.1, 0.15) is 5.82 Å². The van der Waals surface area contributed by atoms with Gasteiger partial charge in [0, 0.05) is 10.6 Å². The molecule has 1 N–H and O–H groups in total. The van der Waals surface area contributed by atoms with Crippen LogP contribution in [0.2, 0.25) is 5.02 Å². The number of rotatable bonds is 4. The second-order valence-electron chi connectivity index (χ2n) is 5.68. The van der Waals surface area contributed by atoms with E-state index in [-0.39, 0.29) is 11.4 Å². The lowest BCUT2D eigenvalue weighted by molar-refractivity contribution is 0.381. The molecule has 0 heterocycles. The number of hydrogen-bond donors (Lipinski definition) is 1. The summed E-state index contributed by atoms with van der Waals surface area (Å²) in [4.78, 5) is 0. The molecule has 0 aliphatic rings. The van der Waals surface area contributed by atoms with Crippen molar-refractivity contribution in [3.05, 3.63) is 34.6 Å². The van der Waals surface area contributed by atoms with Crippen LogP contribution in [0.5, 0.6) is 0 Å². The van der Waals surface area contributed by atoms with Crippen LogP contribution in [0, 0.1) is 11.7 Å². The summed E-state index contributed by atoms with van der Waals surface area (Å²) in [6.07, 6.45) is 0.791. The molecule has 0 saturated heterocycles. The van der Waals surface area contributed by atoms with Crippen LogP contribution in [0.25, 0.3) is 0 Å². The number of halogens is 2. The zero-order valence-electron chi connectivity index (χ0n) is 11.0. The van der Waals surface area contributed by atoms with E-state index in [2.05, 4.69) is 33.0 Å². The zero-order chi connectivity index (χ0) is 13.1. The lowest BCUT2D eigenvalue weighted by Crippen LogP contribution is -2.39. The van der Waals surface area contributed by atoms with E-state index < -0.39 is 0 Å². The standard InChI is InChI=1S/C14H21ClFN/c1-10(9-17-14(2,3)4)7-11-8-12(16)5-6-13(11)15/h5-6,8,10,17H,7,9H2,1-4H3. The summed E-state index contributed by atoms with van der Waals surface area (Å²) in [6, 6.07) is 4.54. The molecular weight excluding hydrogens is 237 g/mol. The first-order valence-corrected chi connectivity index (χ1v) is 6.34. The van der Waals surface area contributed by atoms with Crippen LogP contribution in [0.1, 0.15) is 33.3 Å². The Kier molecular flexibility index (Phi) is 4.96. The summed E-state index contributed by atoms with van der Waals surface area (Å²) in [5.41, 5.74) is 0.995. The zero-order valence-corrected chi connectivity index (χ0v) is 11.7. The summed E-state index contributed by atoms with van der Waals surface area (Å²) in [7, 11) is 0. The summed E-state index contributed by atoms with van der Waals surface area (Å²) in [5.74, 6) is 0.203. The molecular formula is C14H21ClFN. The SMILES string of the molecule is CC(CNC(C)(C)C)Cc1cc(F)ccc1Cl. The maximum Gasteiger partial charge on any atom is 0.123 e. The maximum atomic E-state index is 13.1. The molecule has 1 aromatic carbocycles. The average Bonchev–Trinajstić information content (AvgIpc) is 2.20. The normalized spacial score (nSPS) is 13.8. The van der Waals surface area contributed by atoms with Crippen molar-refractivity contribution in [3.63, 3.8) is 0 Å². The molecule has 0 amide bonds. The number of hydrogen-bond acceptors (Lipinski definition) is 1. The van der Waals surface area contributed by atoms with Gasteiger partial charge in [-0.3, -0.25) is 0 Å². The highest BCUT2D eigenvalue weighted by Gasteiger charge is 2.12. The minimum atomic E-state index is -0.222. The smallest absolute Gasteiger partial charge is 0.123 e. The molecule has 3 heteroatoms. The lowest BCUT2D eigenvalue weighted by Gasteiger charge is -2.23. The van der Waals surface area contributed by atoms with Gasteiger partial charge >= 0.3 is 0 Å². The van der Waals surface area contributed by atoms with E-state index >= 15 is 0 Å². The highest BCUT2D eigenvalue weighted by molar-refractivity contribution is 6.31. The van der Waals surface area contributed by atoms with Crippen molar-refractivity contribution in [3.8, 4) is 0 Å². The fourth-order valence-corrected chi connectivity index (χ4v) is 1.82. The molecule has 1 aromatic rings. The Labute approximate surface area is 108 Å². The van der Waals surface area contributed by atoms with Crippen LogP contribution < -0.4 is 5.32 Å². The average molecular weight is 258 g/mol. The second kappa shape index (κ2) is 5.83. The van der Waals surface area contributed by atoms with Crippen LogP contribution in [-0.4, -0.2) is 12.1 Å². The molecule has 0 aliphatic carbocycles. The van der Waals surface area contributed by atoms with Gasteiger partial charge in [0.05, 0.1) is 0 Å². The molecule has 17 heavy (non-hydrogen) atoms. The third-order valence-electron chi connectivity index (χ3n) is 2.56. The van der Waals surface area contributed by atoms with Gasteiger partial charge in [0.2, 0.25) is 0 Å². The van der Waals surface area contributed by atoms with Gasteiger partial charge in [-0.2, -0.15) is 0 Å². The van der Waals surface area contributed by atoms with Crippen LogP contribution in [0.3, 0.4) is 0 Å². The lowest BCUT2D eigenvalue weighted by atomic mass is 9.99. The van der Waals surface area contributed by atoms with Crippen molar-refractivity contribution < 1.29 is 4.39 Å². The minimum absolute atomic E-state index is 0.111. The van der Waals surface area contributed by atoms with Crippen molar-refractivity contribution in [2.45, 2.75) is 39.7 Å². The summed E-state index contributed by atoms with van der Waals surface area (Å²) in [5, 5.41) is 4.09. The summed E-state index contributed by atoms with van der Waals surface area (Å²) >= 11 is 6.04. The number of benzene rings is 1. The van der Waals surface area contributed by atoms with Crippen molar-refractivity contribution in [1.82, 2.24) is 5.32 Å². The first-order valence-electron chi connectivity index (χ1n) is 5.97. The van der Waals surface area contributed by atoms with Crippen LogP contribution in [0.15, 0.2) is 18.2 Å². The fraction of sp³-hybridized carbons (Fsp3) is 0.571. The van der Waals surface area contributed by atoms with E-state index in [0.717, 1.165) is 18.5 Å². The molecule has 96 valence electrons. The molecule has 0 aromatic heterocycles. The molecule has 1 nitrogen and oxygen atoms in total. The quantitative estimate of drug-likeness (QED) is 0.858. The highest BCUT2D eigenvalue weighted by atomic mass is 35.5. The molecule has 1 unspecified atom stereocenters. The molecule has 1 atom stereocenters. The molecule has 0 bridgehead atoms. The third kappa shape index (κ3) is 5.51. The number of nitrogens with one attached hydrogen (secondary N) is 1. The minimum Gasteiger partial charge on any atom is -0.312 e. The Hall–Kier alpha value is -0.600. The highest BCUT2D eigenvalue weighted by Crippen LogP contribution is 2.20. The predicted octanol–water partition coefficient (Wildman–Crippen LogP) is 4.05. The van der Waals surface area contributed by atoms with Crippen molar-refractivity contribution in [1.29, 1.82) is 0 Å². The van der Waals surface area contributed by atoms with Crippen LogP contribution in [0.4, 0.5) is 4.39 Å². The van der Waals surface area contributed by atoms with Gasteiger partial charge in [0.25, 0.3) is 0 Å². The van der Waals surface area contributed by atoms with Crippen LogP contribution in [-0.2, 0) is 6.42 Å². The van der Waals surface area contributed by atoms with Gasteiger partial charge < -0.3 is 5.32 Å². The molecule has 0 spiro atoms. The maximum absolute atomic E-state index is 13.1. The topological polar surface area (TPSA) is 12.0 Å². The van der Waals surface area contributed by atoms with E-state index in [9.17, 15) is 4.39 Å². The first kappa shape index (κ1) is 14.5. The van der Waals surface area contributed by atoms with Crippen molar-refractivity contribution in [2.24, 2.45) is 5.92 Å². The largest absolute Gasteiger partial charge is 0.312 e. The van der Waals surface area contributed by atoms with E-state index in [1.54, 1.807) is 6.07 Å². The Morgan fingerprint density at radius 1 is 1.35 bits per heavy atom. The Morgan fingerprint density at radius 2 is 2.00 bits per heavy atom. The Morgan fingerprint density at radius 3 is 2.59 bits per heavy atom. The third-order valence-corrected chi connectivity index (χ3v) is 2.93. The van der Waals surface area contributed by atoms with Crippen LogP contribution >= 0.6 is 11.6 Å². The fourth-order valence-electron chi connectivity index (χ4n) is 1.63. The van der Waals surface area contributed by atoms with Gasteiger partial charge in [0.15, 0.2) is 0 Å². The molecule has 0 saturated carbocycles. The van der Waals surface area contributed by atoms with E-state index in [1.807, 2.05) is 0 Å². The van der Waals surface area contributed by atoms with E-state index in [1.165, 1.54) is 12.1 Å². The molecule has 1 rings (SSSR count). The second-order valence-corrected chi connectivity index (χ2v) is 6.08. The summed E-state index contributed by atoms with van der Waals surface area (Å²) < 4.78 is 13.1. The molecule has 0 fully saturated rings. The van der Waals surface area contributed by atoms with Gasteiger partial charge in [-0.25, -0.2) is 4.39 Å².